The number of Topliss-reactive ketones (excluding diaryl/α,β-unsaturated/α-hetero) is 1. The number of H-pyrrole nitrogens is 1. The quantitative estimate of drug-likeness (QED) is 0.316. The summed E-state index contributed by atoms with van der Waals surface area (Å²) in [4.78, 5) is 30.9. The van der Waals surface area contributed by atoms with E-state index in [1.807, 2.05) is 61.5 Å². The molecule has 5 aromatic rings. The first-order chi connectivity index (χ1) is 18.9. The second-order valence-electron chi connectivity index (χ2n) is 8.89. The summed E-state index contributed by atoms with van der Waals surface area (Å²) in [6.07, 6.45) is 1.71. The van der Waals surface area contributed by atoms with E-state index < -0.39 is 5.78 Å². The largest absolute Gasteiger partial charge is 0.497 e. The van der Waals surface area contributed by atoms with Crippen molar-refractivity contribution in [3.63, 3.8) is 0 Å². The number of thiazole rings is 1. The van der Waals surface area contributed by atoms with Crippen molar-refractivity contribution in [3.05, 3.63) is 115 Å². The van der Waals surface area contributed by atoms with Crippen LogP contribution in [0.4, 0.5) is 0 Å². The average molecular weight is 536 g/mol. The van der Waals surface area contributed by atoms with Gasteiger partial charge in [-0.25, -0.2) is 0 Å². The molecule has 0 saturated heterocycles. The second kappa shape index (κ2) is 10.9. The molecule has 39 heavy (non-hydrogen) atoms. The number of nitrogens with zero attached hydrogens (tertiary/aromatic N) is 2. The van der Waals surface area contributed by atoms with Gasteiger partial charge in [-0.2, -0.15) is 5.26 Å². The van der Waals surface area contributed by atoms with Crippen molar-refractivity contribution in [1.82, 2.24) is 9.55 Å². The van der Waals surface area contributed by atoms with Crippen molar-refractivity contribution in [2.45, 2.75) is 13.5 Å². The number of rotatable bonds is 7. The fourth-order valence-electron chi connectivity index (χ4n) is 4.58. The van der Waals surface area contributed by atoms with Gasteiger partial charge in [0.2, 0.25) is 5.78 Å². The van der Waals surface area contributed by atoms with Gasteiger partial charge < -0.3 is 14.5 Å². The number of para-hydroxylation sites is 1. The van der Waals surface area contributed by atoms with Gasteiger partial charge in [0.25, 0.3) is 5.56 Å². The van der Waals surface area contributed by atoms with Crippen molar-refractivity contribution >= 4 is 39.7 Å². The predicted octanol–water partition coefficient (Wildman–Crippen LogP) is 4.15. The number of methoxy groups -OCH3 is 2. The van der Waals surface area contributed by atoms with E-state index in [4.69, 9.17) is 9.47 Å². The molecule has 8 heteroatoms. The van der Waals surface area contributed by atoms with Crippen LogP contribution in [-0.4, -0.2) is 29.6 Å². The van der Waals surface area contributed by atoms with Crippen LogP contribution < -0.4 is 24.2 Å². The normalized spacial score (nSPS) is 12.3. The summed E-state index contributed by atoms with van der Waals surface area (Å²) in [6.45, 7) is 2.02. The number of carbonyl (C=O) groups is 1. The van der Waals surface area contributed by atoms with Crippen molar-refractivity contribution in [2.24, 2.45) is 0 Å². The molecule has 0 aliphatic heterocycles. The Bertz CT molecular complexity index is 1920. The molecule has 0 saturated carbocycles. The van der Waals surface area contributed by atoms with Crippen molar-refractivity contribution in [2.75, 3.05) is 14.2 Å². The van der Waals surface area contributed by atoms with Gasteiger partial charge in [0, 0.05) is 28.2 Å². The molecule has 0 aliphatic rings. The van der Waals surface area contributed by atoms with Gasteiger partial charge in [-0.05, 0) is 36.8 Å². The van der Waals surface area contributed by atoms with Crippen molar-refractivity contribution in [1.29, 1.82) is 5.26 Å². The number of aromatic nitrogens is 2. The molecule has 0 bridgehead atoms. The van der Waals surface area contributed by atoms with Crippen LogP contribution in [0.2, 0.25) is 0 Å². The predicted molar refractivity (Wildman–Crippen MR) is 153 cm³/mol. The lowest BCUT2D eigenvalue weighted by Crippen LogP contribution is -2.33. The molecule has 0 fully saturated rings. The highest BCUT2D eigenvalue weighted by Crippen LogP contribution is 2.26. The molecule has 5 rings (SSSR count). The zero-order chi connectivity index (χ0) is 27.5. The summed E-state index contributed by atoms with van der Waals surface area (Å²) >= 11 is 1.12. The molecule has 1 N–H and O–H groups in total. The molecular formula is C31H25N3O4S. The second-order valence-corrected chi connectivity index (χ2v) is 9.92. The summed E-state index contributed by atoms with van der Waals surface area (Å²) in [5, 5.41) is 11.0. The Morgan fingerprint density at radius 1 is 1.05 bits per heavy atom. The number of fused-ring (bicyclic) bond motifs is 1. The number of ketones is 1. The van der Waals surface area contributed by atoms with E-state index in [2.05, 4.69) is 11.1 Å². The van der Waals surface area contributed by atoms with Gasteiger partial charge in [0.1, 0.15) is 27.8 Å². The Morgan fingerprint density at radius 2 is 1.79 bits per heavy atom. The third-order valence-corrected chi connectivity index (χ3v) is 7.62. The van der Waals surface area contributed by atoms with Crippen molar-refractivity contribution < 1.29 is 14.3 Å². The van der Waals surface area contributed by atoms with Crippen LogP contribution >= 0.6 is 11.3 Å². The standard InChI is InChI=1S/C31H25N3O4S/c1-19-28(23-11-7-8-12-25(23)33-19)29(35)24(17-32)31-34(18-20-9-5-4-6-10-20)30(36)27(39-31)15-21-13-14-22(37-2)16-26(21)38-3/h4-16,33H,18H2,1-3H3. The first-order valence-corrected chi connectivity index (χ1v) is 13.0. The Labute approximate surface area is 228 Å². The first kappa shape index (κ1) is 25.8. The number of carbonyl (C=O) groups excluding carboxylic acids is 1. The van der Waals surface area contributed by atoms with E-state index >= 15 is 0 Å². The molecule has 0 aliphatic carbocycles. The summed E-state index contributed by atoms with van der Waals surface area (Å²) in [7, 11) is 3.11. The lowest BCUT2D eigenvalue weighted by atomic mass is 10.0. The molecule has 2 heterocycles. The smallest absolute Gasteiger partial charge is 0.269 e. The fraction of sp³-hybridized carbons (Fsp3) is 0.129. The minimum Gasteiger partial charge on any atom is -0.497 e. The van der Waals surface area contributed by atoms with E-state index in [1.165, 1.54) is 4.57 Å². The molecule has 194 valence electrons. The molecule has 0 atom stereocenters. The van der Waals surface area contributed by atoms with Crippen LogP contribution in [0.1, 0.15) is 27.2 Å². The van der Waals surface area contributed by atoms with E-state index in [1.54, 1.807) is 38.5 Å². The van der Waals surface area contributed by atoms with Gasteiger partial charge in [0.15, 0.2) is 0 Å². The Balaban J connectivity index is 1.78. The fourth-order valence-corrected chi connectivity index (χ4v) is 5.67. The maximum atomic E-state index is 13.9. The molecule has 0 radical (unpaired) electrons. The number of hydrogen-bond acceptors (Lipinski definition) is 6. The lowest BCUT2D eigenvalue weighted by Gasteiger charge is -2.06. The summed E-state index contributed by atoms with van der Waals surface area (Å²) in [6, 6.07) is 24.4. The van der Waals surface area contributed by atoms with Gasteiger partial charge in [-0.1, -0.05) is 48.5 Å². The van der Waals surface area contributed by atoms with Crippen LogP contribution in [0.5, 0.6) is 11.5 Å². The lowest BCUT2D eigenvalue weighted by molar-refractivity contribution is 0.105. The first-order valence-electron chi connectivity index (χ1n) is 12.2. The minimum absolute atomic E-state index is 0.0813. The van der Waals surface area contributed by atoms with Crippen LogP contribution in [0.3, 0.4) is 0 Å². The number of nitriles is 1. The third-order valence-electron chi connectivity index (χ3n) is 6.49. The highest BCUT2D eigenvalue weighted by atomic mass is 32.1. The molecule has 0 spiro atoms. The van der Waals surface area contributed by atoms with Gasteiger partial charge in [-0.3, -0.25) is 14.2 Å². The zero-order valence-electron chi connectivity index (χ0n) is 21.6. The van der Waals surface area contributed by atoms with Crippen LogP contribution in [0, 0.1) is 18.3 Å². The number of aryl methyl sites for hydroxylation is 1. The summed E-state index contributed by atoms with van der Waals surface area (Å²) in [5.41, 5.74) is 3.07. The minimum atomic E-state index is -0.427. The van der Waals surface area contributed by atoms with Crippen LogP contribution in [-0.2, 0) is 6.54 Å². The van der Waals surface area contributed by atoms with E-state index in [0.717, 1.165) is 27.8 Å². The number of hydrogen-bond donors (Lipinski definition) is 1. The topological polar surface area (TPSA) is 97.1 Å². The molecule has 2 aromatic heterocycles. The van der Waals surface area contributed by atoms with Gasteiger partial charge in [-0.15, -0.1) is 11.3 Å². The maximum absolute atomic E-state index is 13.9. The number of ether oxygens (including phenoxy) is 2. The van der Waals surface area contributed by atoms with E-state index in [9.17, 15) is 14.9 Å². The summed E-state index contributed by atoms with van der Waals surface area (Å²) in [5.74, 6) is 0.731. The van der Waals surface area contributed by atoms with Gasteiger partial charge in [0.05, 0.1) is 30.9 Å². The van der Waals surface area contributed by atoms with E-state index in [0.29, 0.717) is 37.5 Å². The third kappa shape index (κ3) is 4.88. The molecular weight excluding hydrogens is 510 g/mol. The SMILES string of the molecule is COc1ccc(C=c2sc(=C(C#N)C(=O)c3c(C)[nH]c4ccccc34)n(Cc3ccccc3)c2=O)c(OC)c1. The molecule has 7 nitrogen and oxygen atoms in total. The van der Waals surface area contributed by atoms with E-state index in [-0.39, 0.29) is 17.7 Å². The highest BCUT2D eigenvalue weighted by molar-refractivity contribution is 7.07. The number of aromatic amines is 1. The Morgan fingerprint density at radius 3 is 2.51 bits per heavy atom. The maximum Gasteiger partial charge on any atom is 0.269 e. The summed E-state index contributed by atoms with van der Waals surface area (Å²) < 4.78 is 13.0. The highest BCUT2D eigenvalue weighted by Gasteiger charge is 2.23. The molecule has 0 amide bonds. The Kier molecular flexibility index (Phi) is 7.17. The van der Waals surface area contributed by atoms with Crippen LogP contribution in [0.15, 0.2) is 77.6 Å². The molecule has 3 aromatic carbocycles. The number of nitrogens with one attached hydrogen (secondary N) is 1. The van der Waals surface area contributed by atoms with Crippen molar-refractivity contribution in [3.8, 4) is 17.6 Å². The average Bonchev–Trinajstić information content (AvgIpc) is 3.45. The number of benzene rings is 3. The van der Waals surface area contributed by atoms with Gasteiger partial charge >= 0.3 is 0 Å². The zero-order valence-corrected chi connectivity index (χ0v) is 22.5. The van der Waals surface area contributed by atoms with Crippen LogP contribution in [0.25, 0.3) is 22.6 Å². The molecule has 0 unspecified atom stereocenters. The Hall–Kier alpha value is -4.87. The monoisotopic (exact) mass is 535 g/mol.